The number of para-hydroxylation sites is 1. The van der Waals surface area contributed by atoms with Gasteiger partial charge in [0.2, 0.25) is 0 Å². The van der Waals surface area contributed by atoms with E-state index in [-0.39, 0.29) is 17.1 Å². The Kier molecular flexibility index (Phi) is 9.26. The van der Waals surface area contributed by atoms with Crippen LogP contribution < -0.4 is 20.7 Å². The first-order valence-electron chi connectivity index (χ1n) is 9.77. The van der Waals surface area contributed by atoms with Crippen molar-refractivity contribution in [3.63, 3.8) is 0 Å². The van der Waals surface area contributed by atoms with E-state index < -0.39 is 5.91 Å². The SMILES string of the molecule is CCCCNC(=O)c1ccccc1NC(=S)NC(=O)c1cc(Br)ccc1OC(C)C. The van der Waals surface area contributed by atoms with Gasteiger partial charge in [0.25, 0.3) is 11.8 Å². The molecule has 0 fully saturated rings. The second kappa shape index (κ2) is 11.7. The van der Waals surface area contributed by atoms with Crippen LogP contribution in [0.15, 0.2) is 46.9 Å². The molecule has 2 rings (SSSR count). The number of hydrogen-bond donors (Lipinski definition) is 3. The van der Waals surface area contributed by atoms with Gasteiger partial charge in [0, 0.05) is 11.0 Å². The summed E-state index contributed by atoms with van der Waals surface area (Å²) in [5.74, 6) is -0.140. The van der Waals surface area contributed by atoms with Gasteiger partial charge in [-0.15, -0.1) is 0 Å². The fourth-order valence-corrected chi connectivity index (χ4v) is 3.19. The van der Waals surface area contributed by atoms with E-state index >= 15 is 0 Å². The fourth-order valence-electron chi connectivity index (χ4n) is 2.62. The second-order valence-corrected chi connectivity index (χ2v) is 8.19. The number of halogens is 1. The molecule has 2 aromatic carbocycles. The quantitative estimate of drug-likeness (QED) is 0.361. The molecule has 2 aromatic rings. The molecule has 0 atom stereocenters. The van der Waals surface area contributed by atoms with Crippen molar-refractivity contribution < 1.29 is 14.3 Å². The molecular weight excluding hydrogens is 466 g/mol. The molecule has 2 amide bonds. The van der Waals surface area contributed by atoms with Gasteiger partial charge >= 0.3 is 0 Å². The summed E-state index contributed by atoms with van der Waals surface area (Å²) in [6.07, 6.45) is 1.82. The first kappa shape index (κ1) is 23.8. The van der Waals surface area contributed by atoms with Crippen LogP contribution in [0.3, 0.4) is 0 Å². The number of benzene rings is 2. The summed E-state index contributed by atoms with van der Waals surface area (Å²) in [4.78, 5) is 25.2. The molecule has 0 saturated heterocycles. The normalized spacial score (nSPS) is 10.4. The van der Waals surface area contributed by atoms with Crippen molar-refractivity contribution in [2.45, 2.75) is 39.7 Å². The zero-order valence-corrected chi connectivity index (χ0v) is 19.7. The number of thiocarbonyl (C=S) groups is 1. The molecule has 30 heavy (non-hydrogen) atoms. The third-order valence-electron chi connectivity index (χ3n) is 4.01. The fraction of sp³-hybridized carbons (Fsp3) is 0.318. The Bertz CT molecular complexity index is 918. The number of hydrogen-bond acceptors (Lipinski definition) is 4. The van der Waals surface area contributed by atoms with Gasteiger partial charge in [-0.05, 0) is 62.8 Å². The van der Waals surface area contributed by atoms with E-state index in [1.165, 1.54) is 0 Å². The van der Waals surface area contributed by atoms with Crippen LogP contribution >= 0.6 is 28.1 Å². The standard InChI is InChI=1S/C22H26BrN3O3S/c1-4-5-12-24-20(27)16-8-6-7-9-18(16)25-22(30)26-21(28)17-13-15(23)10-11-19(17)29-14(2)3/h6-11,13-14H,4-5,12H2,1-3H3,(H,24,27)(H2,25,26,28,30). The maximum absolute atomic E-state index is 12.8. The Balaban J connectivity index is 2.11. The predicted octanol–water partition coefficient (Wildman–Crippen LogP) is 4.89. The Morgan fingerprint density at radius 2 is 1.83 bits per heavy atom. The van der Waals surface area contributed by atoms with Crippen LogP contribution in [-0.2, 0) is 0 Å². The minimum Gasteiger partial charge on any atom is -0.490 e. The number of carbonyl (C=O) groups is 2. The van der Waals surface area contributed by atoms with Crippen LogP contribution in [0.2, 0.25) is 0 Å². The molecule has 0 aromatic heterocycles. The molecule has 0 saturated carbocycles. The lowest BCUT2D eigenvalue weighted by atomic mass is 10.1. The van der Waals surface area contributed by atoms with E-state index in [1.54, 1.807) is 42.5 Å². The van der Waals surface area contributed by atoms with Crippen LogP contribution in [0.5, 0.6) is 5.75 Å². The minimum absolute atomic E-state index is 0.0825. The zero-order chi connectivity index (χ0) is 22.1. The van der Waals surface area contributed by atoms with E-state index in [4.69, 9.17) is 17.0 Å². The Morgan fingerprint density at radius 1 is 1.10 bits per heavy atom. The Labute approximate surface area is 190 Å². The van der Waals surface area contributed by atoms with Gasteiger partial charge in [-0.3, -0.25) is 14.9 Å². The van der Waals surface area contributed by atoms with Crippen molar-refractivity contribution in [1.82, 2.24) is 10.6 Å². The number of anilines is 1. The van der Waals surface area contributed by atoms with E-state index in [9.17, 15) is 9.59 Å². The molecule has 0 aliphatic rings. The van der Waals surface area contributed by atoms with Gasteiger partial charge in [-0.25, -0.2) is 0 Å². The summed E-state index contributed by atoms with van der Waals surface area (Å²) in [5, 5.41) is 8.56. The second-order valence-electron chi connectivity index (χ2n) is 6.87. The molecule has 0 aliphatic carbocycles. The van der Waals surface area contributed by atoms with Crippen molar-refractivity contribution in [2.75, 3.05) is 11.9 Å². The average molecular weight is 492 g/mol. The maximum atomic E-state index is 12.8. The zero-order valence-electron chi connectivity index (χ0n) is 17.3. The highest BCUT2D eigenvalue weighted by molar-refractivity contribution is 9.10. The molecule has 3 N–H and O–H groups in total. The molecule has 0 unspecified atom stereocenters. The largest absolute Gasteiger partial charge is 0.490 e. The summed E-state index contributed by atoms with van der Waals surface area (Å²) in [6.45, 7) is 6.44. The van der Waals surface area contributed by atoms with Gasteiger partial charge in [-0.1, -0.05) is 41.4 Å². The Morgan fingerprint density at radius 3 is 2.53 bits per heavy atom. The molecule has 0 heterocycles. The molecular formula is C22H26BrN3O3S. The highest BCUT2D eigenvalue weighted by Gasteiger charge is 2.17. The Hall–Kier alpha value is -2.45. The van der Waals surface area contributed by atoms with Crippen molar-refractivity contribution in [2.24, 2.45) is 0 Å². The van der Waals surface area contributed by atoms with E-state index in [1.807, 2.05) is 13.8 Å². The van der Waals surface area contributed by atoms with E-state index in [2.05, 4.69) is 38.8 Å². The van der Waals surface area contributed by atoms with E-state index in [0.29, 0.717) is 29.1 Å². The summed E-state index contributed by atoms with van der Waals surface area (Å²) in [5.41, 5.74) is 1.33. The molecule has 0 aliphatic heterocycles. The lowest BCUT2D eigenvalue weighted by molar-refractivity contribution is 0.0951. The number of rotatable bonds is 8. The third kappa shape index (κ3) is 7.11. The van der Waals surface area contributed by atoms with Gasteiger partial charge in [0.15, 0.2) is 5.11 Å². The van der Waals surface area contributed by atoms with Gasteiger partial charge < -0.3 is 15.4 Å². The van der Waals surface area contributed by atoms with Gasteiger partial charge in [0.05, 0.1) is 22.9 Å². The van der Waals surface area contributed by atoms with Crippen molar-refractivity contribution in [3.8, 4) is 5.75 Å². The predicted molar refractivity (Wildman–Crippen MR) is 127 cm³/mol. The summed E-state index contributed by atoms with van der Waals surface area (Å²) in [7, 11) is 0. The lowest BCUT2D eigenvalue weighted by Gasteiger charge is -2.16. The highest BCUT2D eigenvalue weighted by atomic mass is 79.9. The monoisotopic (exact) mass is 491 g/mol. The summed E-state index contributed by atoms with van der Waals surface area (Å²) >= 11 is 8.67. The van der Waals surface area contributed by atoms with Crippen molar-refractivity contribution in [3.05, 3.63) is 58.1 Å². The number of carbonyl (C=O) groups excluding carboxylic acids is 2. The molecule has 160 valence electrons. The molecule has 6 nitrogen and oxygen atoms in total. The third-order valence-corrected chi connectivity index (χ3v) is 4.71. The topological polar surface area (TPSA) is 79.5 Å². The number of amides is 2. The number of unbranched alkanes of at least 4 members (excludes halogenated alkanes) is 1. The smallest absolute Gasteiger partial charge is 0.261 e. The first-order valence-corrected chi connectivity index (χ1v) is 11.0. The maximum Gasteiger partial charge on any atom is 0.261 e. The molecule has 0 radical (unpaired) electrons. The highest BCUT2D eigenvalue weighted by Crippen LogP contribution is 2.24. The van der Waals surface area contributed by atoms with Crippen LogP contribution in [-0.4, -0.2) is 29.6 Å². The van der Waals surface area contributed by atoms with Crippen molar-refractivity contribution >= 4 is 50.8 Å². The lowest BCUT2D eigenvalue weighted by Crippen LogP contribution is -2.35. The van der Waals surface area contributed by atoms with Crippen molar-refractivity contribution in [1.29, 1.82) is 0 Å². The minimum atomic E-state index is -0.408. The van der Waals surface area contributed by atoms with Crippen LogP contribution in [0, 0.1) is 0 Å². The first-order chi connectivity index (χ1) is 14.3. The van der Waals surface area contributed by atoms with E-state index in [0.717, 1.165) is 17.3 Å². The molecule has 0 bridgehead atoms. The van der Waals surface area contributed by atoms with Crippen LogP contribution in [0.4, 0.5) is 5.69 Å². The summed E-state index contributed by atoms with van der Waals surface area (Å²) in [6, 6.07) is 12.2. The number of nitrogens with one attached hydrogen (secondary N) is 3. The van der Waals surface area contributed by atoms with Crippen LogP contribution in [0.1, 0.15) is 54.3 Å². The molecule has 0 spiro atoms. The van der Waals surface area contributed by atoms with Crippen LogP contribution in [0.25, 0.3) is 0 Å². The number of ether oxygens (including phenoxy) is 1. The average Bonchev–Trinajstić information content (AvgIpc) is 2.69. The van der Waals surface area contributed by atoms with Gasteiger partial charge in [-0.2, -0.15) is 0 Å². The van der Waals surface area contributed by atoms with Gasteiger partial charge in [0.1, 0.15) is 5.75 Å². The summed E-state index contributed by atoms with van der Waals surface area (Å²) < 4.78 is 6.47. The molecule has 8 heteroatoms.